The van der Waals surface area contributed by atoms with Gasteiger partial charge in [-0.1, -0.05) is 5.16 Å². The Morgan fingerprint density at radius 2 is 2.09 bits per heavy atom. The second-order valence-electron chi connectivity index (χ2n) is 7.42. The standard InChI is InChI=1S/C21H22FN3O5S2/c1-3-29-21(26)15-5-4-10-25(12-15)32(27,28)18-11-17(31-13(18)2)20-23-19(24-30-20)14-6-8-16(22)9-7-14/h6-9,11,15H,3-5,10,12H2,1-2H3/t15-/m0/s1. The molecule has 0 amide bonds. The van der Waals surface area contributed by atoms with Crippen molar-refractivity contribution in [3.8, 4) is 22.2 Å². The Kier molecular flexibility index (Phi) is 6.40. The minimum atomic E-state index is -3.81. The number of benzene rings is 1. The van der Waals surface area contributed by atoms with E-state index in [1.807, 2.05) is 0 Å². The number of rotatable bonds is 6. The fourth-order valence-electron chi connectivity index (χ4n) is 3.62. The Hall–Kier alpha value is -2.63. The van der Waals surface area contributed by atoms with Crippen molar-refractivity contribution in [2.45, 2.75) is 31.6 Å². The van der Waals surface area contributed by atoms with E-state index in [1.54, 1.807) is 13.8 Å². The summed E-state index contributed by atoms with van der Waals surface area (Å²) in [6.07, 6.45) is 1.19. The molecule has 1 saturated heterocycles. The number of carbonyl (C=O) groups is 1. The number of sulfonamides is 1. The fourth-order valence-corrected chi connectivity index (χ4v) is 6.62. The third-order valence-corrected chi connectivity index (χ3v) is 8.39. The Labute approximate surface area is 189 Å². The highest BCUT2D eigenvalue weighted by molar-refractivity contribution is 7.89. The van der Waals surface area contributed by atoms with Gasteiger partial charge in [-0.25, -0.2) is 12.8 Å². The van der Waals surface area contributed by atoms with Crippen molar-refractivity contribution in [1.82, 2.24) is 14.4 Å². The van der Waals surface area contributed by atoms with E-state index in [2.05, 4.69) is 10.1 Å². The smallest absolute Gasteiger partial charge is 0.310 e. The van der Waals surface area contributed by atoms with E-state index in [9.17, 15) is 17.6 Å². The molecule has 0 radical (unpaired) electrons. The third-order valence-electron chi connectivity index (χ3n) is 5.23. The molecule has 0 unspecified atom stereocenters. The molecular weight excluding hydrogens is 457 g/mol. The first kappa shape index (κ1) is 22.6. The SMILES string of the molecule is CCOC(=O)[C@H]1CCCN(S(=O)(=O)c2cc(-c3nc(-c4ccc(F)cc4)no3)sc2C)C1. The molecule has 32 heavy (non-hydrogen) atoms. The highest BCUT2D eigenvalue weighted by Gasteiger charge is 2.35. The van der Waals surface area contributed by atoms with Gasteiger partial charge in [0.1, 0.15) is 5.82 Å². The Balaban J connectivity index is 1.58. The number of aromatic nitrogens is 2. The van der Waals surface area contributed by atoms with Crippen LogP contribution in [-0.4, -0.2) is 48.5 Å². The molecule has 170 valence electrons. The zero-order chi connectivity index (χ0) is 22.9. The van der Waals surface area contributed by atoms with Gasteiger partial charge in [-0.2, -0.15) is 9.29 Å². The monoisotopic (exact) mass is 479 g/mol. The number of thiophene rings is 1. The van der Waals surface area contributed by atoms with Crippen LogP contribution in [0.5, 0.6) is 0 Å². The number of carbonyl (C=O) groups excluding carboxylic acids is 1. The van der Waals surface area contributed by atoms with Crippen LogP contribution in [0.25, 0.3) is 22.2 Å². The van der Waals surface area contributed by atoms with Crippen molar-refractivity contribution in [3.63, 3.8) is 0 Å². The summed E-state index contributed by atoms with van der Waals surface area (Å²) in [6, 6.07) is 7.19. The highest BCUT2D eigenvalue weighted by Crippen LogP contribution is 2.36. The Morgan fingerprint density at radius 3 is 2.81 bits per heavy atom. The maximum absolute atomic E-state index is 13.3. The van der Waals surface area contributed by atoms with Gasteiger partial charge >= 0.3 is 5.97 Å². The predicted molar refractivity (Wildman–Crippen MR) is 116 cm³/mol. The van der Waals surface area contributed by atoms with Crippen LogP contribution < -0.4 is 0 Å². The molecule has 11 heteroatoms. The largest absolute Gasteiger partial charge is 0.466 e. The van der Waals surface area contributed by atoms with E-state index < -0.39 is 15.9 Å². The van der Waals surface area contributed by atoms with Gasteiger partial charge in [0.25, 0.3) is 5.89 Å². The maximum Gasteiger partial charge on any atom is 0.310 e. The van der Waals surface area contributed by atoms with Gasteiger partial charge in [0.05, 0.1) is 22.3 Å². The Morgan fingerprint density at radius 1 is 1.34 bits per heavy atom. The Bertz CT molecular complexity index is 1220. The lowest BCUT2D eigenvalue weighted by atomic mass is 10.0. The first-order chi connectivity index (χ1) is 15.3. The maximum atomic E-state index is 13.3. The van der Waals surface area contributed by atoms with Crippen LogP contribution in [0.4, 0.5) is 4.39 Å². The average molecular weight is 480 g/mol. The summed E-state index contributed by atoms with van der Waals surface area (Å²) in [6.45, 7) is 4.15. The molecule has 0 spiro atoms. The molecule has 2 aromatic heterocycles. The van der Waals surface area contributed by atoms with E-state index in [0.717, 1.165) is 0 Å². The van der Waals surface area contributed by atoms with E-state index in [0.29, 0.717) is 34.7 Å². The van der Waals surface area contributed by atoms with Crippen molar-refractivity contribution in [2.75, 3.05) is 19.7 Å². The van der Waals surface area contributed by atoms with Crippen molar-refractivity contribution in [1.29, 1.82) is 0 Å². The number of hydrogen-bond acceptors (Lipinski definition) is 8. The molecular formula is C21H22FN3O5S2. The number of nitrogens with zero attached hydrogens (tertiary/aromatic N) is 3. The summed E-state index contributed by atoms with van der Waals surface area (Å²) >= 11 is 1.23. The van der Waals surface area contributed by atoms with Crippen LogP contribution in [0, 0.1) is 18.7 Å². The molecule has 1 atom stereocenters. The lowest BCUT2D eigenvalue weighted by Crippen LogP contribution is -2.42. The molecule has 0 saturated carbocycles. The van der Waals surface area contributed by atoms with Gasteiger partial charge in [-0.15, -0.1) is 11.3 Å². The summed E-state index contributed by atoms with van der Waals surface area (Å²) in [5.74, 6) is -0.741. The van der Waals surface area contributed by atoms with E-state index in [-0.39, 0.29) is 41.5 Å². The van der Waals surface area contributed by atoms with Crippen LogP contribution >= 0.6 is 11.3 Å². The van der Waals surface area contributed by atoms with Gasteiger partial charge in [-0.3, -0.25) is 4.79 Å². The van der Waals surface area contributed by atoms with E-state index in [1.165, 1.54) is 46.0 Å². The lowest BCUT2D eigenvalue weighted by molar-refractivity contribution is -0.149. The number of halogens is 1. The number of esters is 1. The summed E-state index contributed by atoms with van der Waals surface area (Å²) in [5.41, 5.74) is 0.584. The molecule has 1 aliphatic heterocycles. The first-order valence-electron chi connectivity index (χ1n) is 10.2. The number of piperidine rings is 1. The molecule has 4 rings (SSSR count). The zero-order valence-corrected chi connectivity index (χ0v) is 19.2. The number of aryl methyl sites for hydroxylation is 1. The van der Waals surface area contributed by atoms with E-state index >= 15 is 0 Å². The third kappa shape index (κ3) is 4.45. The summed E-state index contributed by atoms with van der Waals surface area (Å²) < 4.78 is 51.5. The van der Waals surface area contributed by atoms with Crippen LogP contribution in [0.2, 0.25) is 0 Å². The normalized spacial score (nSPS) is 17.4. The van der Waals surface area contributed by atoms with Crippen LogP contribution in [0.3, 0.4) is 0 Å². The molecule has 1 aliphatic rings. The number of hydrogen-bond donors (Lipinski definition) is 0. The predicted octanol–water partition coefficient (Wildman–Crippen LogP) is 3.88. The van der Waals surface area contributed by atoms with Crippen LogP contribution in [0.15, 0.2) is 39.8 Å². The van der Waals surface area contributed by atoms with Crippen LogP contribution in [-0.2, 0) is 19.6 Å². The molecule has 8 nitrogen and oxygen atoms in total. The zero-order valence-electron chi connectivity index (χ0n) is 17.6. The fraction of sp³-hybridized carbons (Fsp3) is 0.381. The molecule has 1 fully saturated rings. The van der Waals surface area contributed by atoms with Gasteiger partial charge in [0, 0.05) is 23.5 Å². The summed E-state index contributed by atoms with van der Waals surface area (Å²) in [5, 5.41) is 3.92. The minimum absolute atomic E-state index is 0.0983. The quantitative estimate of drug-likeness (QED) is 0.495. The number of ether oxygens (including phenoxy) is 1. The first-order valence-corrected chi connectivity index (χ1v) is 12.4. The lowest BCUT2D eigenvalue weighted by Gasteiger charge is -2.30. The second kappa shape index (κ2) is 9.08. The van der Waals surface area contributed by atoms with Gasteiger partial charge in [0.15, 0.2) is 0 Å². The average Bonchev–Trinajstić information content (AvgIpc) is 3.42. The molecule has 3 aromatic rings. The van der Waals surface area contributed by atoms with Crippen LogP contribution in [0.1, 0.15) is 24.6 Å². The molecule has 0 bridgehead atoms. The second-order valence-corrected chi connectivity index (χ2v) is 10.6. The van der Waals surface area contributed by atoms with Crippen molar-refractivity contribution >= 4 is 27.3 Å². The van der Waals surface area contributed by atoms with Crippen molar-refractivity contribution < 1.29 is 26.9 Å². The highest BCUT2D eigenvalue weighted by atomic mass is 32.2. The molecule has 3 heterocycles. The molecule has 0 N–H and O–H groups in total. The van der Waals surface area contributed by atoms with Crippen molar-refractivity contribution in [2.24, 2.45) is 5.92 Å². The van der Waals surface area contributed by atoms with Crippen molar-refractivity contribution in [3.05, 3.63) is 41.0 Å². The summed E-state index contributed by atoms with van der Waals surface area (Å²) in [4.78, 5) is 17.7. The topological polar surface area (TPSA) is 103 Å². The van der Waals surface area contributed by atoms with E-state index in [4.69, 9.17) is 9.26 Å². The molecule has 1 aromatic carbocycles. The van der Waals surface area contributed by atoms with Gasteiger partial charge < -0.3 is 9.26 Å². The molecule has 0 aliphatic carbocycles. The summed E-state index contributed by atoms with van der Waals surface area (Å²) in [7, 11) is -3.81. The van der Waals surface area contributed by atoms with Gasteiger partial charge in [0.2, 0.25) is 15.8 Å². The van der Waals surface area contributed by atoms with Gasteiger partial charge in [-0.05, 0) is 57.0 Å². The minimum Gasteiger partial charge on any atom is -0.466 e.